The van der Waals surface area contributed by atoms with Gasteiger partial charge in [-0.3, -0.25) is 9.63 Å². The van der Waals surface area contributed by atoms with Gasteiger partial charge in [0, 0.05) is 6.54 Å². The molecule has 1 saturated heterocycles. The van der Waals surface area contributed by atoms with Gasteiger partial charge in [0.1, 0.15) is 6.04 Å². The van der Waals surface area contributed by atoms with Gasteiger partial charge in [0.15, 0.2) is 6.61 Å². The second-order valence-corrected chi connectivity index (χ2v) is 3.70. The third-order valence-electron chi connectivity index (χ3n) is 2.45. The Labute approximate surface area is 97.6 Å². The minimum Gasteiger partial charge on any atom is -0.479 e. The highest BCUT2D eigenvalue weighted by atomic mass is 16.7. The summed E-state index contributed by atoms with van der Waals surface area (Å²) in [5.74, 6) is -1.77. The molecule has 0 aromatic carbocycles. The van der Waals surface area contributed by atoms with Crippen molar-refractivity contribution in [3.05, 3.63) is 0 Å². The maximum absolute atomic E-state index is 11.6. The Morgan fingerprint density at radius 1 is 1.41 bits per heavy atom. The van der Waals surface area contributed by atoms with Gasteiger partial charge in [0.2, 0.25) is 5.91 Å². The highest BCUT2D eigenvalue weighted by Gasteiger charge is 2.30. The van der Waals surface area contributed by atoms with Crippen LogP contribution in [-0.4, -0.2) is 47.1 Å². The van der Waals surface area contributed by atoms with Crippen LogP contribution in [0.2, 0.25) is 0 Å². The molecule has 3 amide bonds. The van der Waals surface area contributed by atoms with E-state index in [1.807, 2.05) is 5.48 Å². The van der Waals surface area contributed by atoms with Crippen LogP contribution in [0.4, 0.5) is 4.79 Å². The molecule has 4 N–H and O–H groups in total. The molecule has 0 radical (unpaired) electrons. The van der Waals surface area contributed by atoms with Crippen molar-refractivity contribution in [1.82, 2.24) is 10.4 Å². The number of nitrogens with zero attached hydrogens (tertiary/aromatic N) is 1. The maximum atomic E-state index is 11.6. The average Bonchev–Trinajstić information content (AvgIpc) is 2.28. The van der Waals surface area contributed by atoms with Crippen LogP contribution < -0.4 is 11.2 Å². The van der Waals surface area contributed by atoms with E-state index in [4.69, 9.17) is 10.8 Å². The number of carbonyl (C=O) groups excluding carboxylic acids is 2. The number of nitrogens with two attached hydrogens (primary N) is 1. The molecular formula is C9H15N3O5. The van der Waals surface area contributed by atoms with Gasteiger partial charge in [0.25, 0.3) is 0 Å². The minimum atomic E-state index is -1.20. The summed E-state index contributed by atoms with van der Waals surface area (Å²) in [6.45, 7) is -0.239. The number of primary amides is 1. The van der Waals surface area contributed by atoms with Gasteiger partial charge < -0.3 is 15.7 Å². The molecule has 96 valence electrons. The fourth-order valence-corrected chi connectivity index (χ4v) is 1.69. The molecule has 1 heterocycles. The second-order valence-electron chi connectivity index (χ2n) is 3.70. The summed E-state index contributed by atoms with van der Waals surface area (Å²) >= 11 is 0. The van der Waals surface area contributed by atoms with Gasteiger partial charge >= 0.3 is 12.0 Å². The van der Waals surface area contributed by atoms with E-state index in [1.165, 1.54) is 4.90 Å². The predicted molar refractivity (Wildman–Crippen MR) is 55.7 cm³/mol. The summed E-state index contributed by atoms with van der Waals surface area (Å²) in [5.41, 5.74) is 7.14. The SMILES string of the molecule is NC(=O)C1CCCCN1C(=O)NOCC(=O)O. The summed E-state index contributed by atoms with van der Waals surface area (Å²) in [7, 11) is 0. The normalized spacial score (nSPS) is 19.8. The Morgan fingerprint density at radius 2 is 2.12 bits per heavy atom. The molecule has 1 rings (SSSR count). The van der Waals surface area contributed by atoms with Crippen molar-refractivity contribution in [2.75, 3.05) is 13.2 Å². The lowest BCUT2D eigenvalue weighted by Gasteiger charge is -2.33. The van der Waals surface area contributed by atoms with Gasteiger partial charge in [-0.25, -0.2) is 15.1 Å². The van der Waals surface area contributed by atoms with Crippen molar-refractivity contribution in [1.29, 1.82) is 0 Å². The molecule has 0 aliphatic carbocycles. The number of urea groups is 1. The van der Waals surface area contributed by atoms with Gasteiger partial charge in [-0.15, -0.1) is 0 Å². The Morgan fingerprint density at radius 3 is 2.71 bits per heavy atom. The number of piperidine rings is 1. The molecule has 1 atom stereocenters. The molecule has 0 saturated carbocycles. The third kappa shape index (κ3) is 3.91. The van der Waals surface area contributed by atoms with Crippen molar-refractivity contribution in [2.45, 2.75) is 25.3 Å². The molecule has 8 heteroatoms. The molecule has 1 fully saturated rings. The first-order valence-electron chi connectivity index (χ1n) is 5.22. The van der Waals surface area contributed by atoms with Crippen molar-refractivity contribution in [2.24, 2.45) is 5.73 Å². The fourth-order valence-electron chi connectivity index (χ4n) is 1.69. The molecular weight excluding hydrogens is 230 g/mol. The van der Waals surface area contributed by atoms with Crippen LogP contribution in [0, 0.1) is 0 Å². The third-order valence-corrected chi connectivity index (χ3v) is 2.45. The van der Waals surface area contributed by atoms with Crippen molar-refractivity contribution >= 4 is 17.9 Å². The topological polar surface area (TPSA) is 122 Å². The molecule has 17 heavy (non-hydrogen) atoms. The van der Waals surface area contributed by atoms with E-state index in [0.717, 1.165) is 12.8 Å². The summed E-state index contributed by atoms with van der Waals surface area (Å²) in [6, 6.07) is -1.30. The van der Waals surface area contributed by atoms with Gasteiger partial charge in [-0.05, 0) is 19.3 Å². The van der Waals surface area contributed by atoms with E-state index in [2.05, 4.69) is 4.84 Å². The molecule has 1 aliphatic heterocycles. The number of carboxylic acids is 1. The van der Waals surface area contributed by atoms with E-state index in [0.29, 0.717) is 13.0 Å². The first-order valence-corrected chi connectivity index (χ1v) is 5.22. The average molecular weight is 245 g/mol. The molecule has 0 spiro atoms. The summed E-state index contributed by atoms with van der Waals surface area (Å²) in [6.07, 6.45) is 2.12. The highest BCUT2D eigenvalue weighted by Crippen LogP contribution is 2.16. The lowest BCUT2D eigenvalue weighted by atomic mass is 10.0. The molecule has 1 aliphatic rings. The zero-order chi connectivity index (χ0) is 12.8. The number of carbonyl (C=O) groups is 3. The Kier molecular flexibility index (Phi) is 4.70. The molecule has 1 unspecified atom stereocenters. The number of carboxylic acid groups (broad SMARTS) is 1. The fraction of sp³-hybridized carbons (Fsp3) is 0.667. The van der Waals surface area contributed by atoms with Crippen LogP contribution >= 0.6 is 0 Å². The van der Waals surface area contributed by atoms with Crippen LogP contribution in [0.15, 0.2) is 0 Å². The molecule has 0 aromatic rings. The number of rotatable bonds is 4. The summed E-state index contributed by atoms with van der Waals surface area (Å²) < 4.78 is 0. The first-order chi connectivity index (χ1) is 8.02. The number of hydrogen-bond acceptors (Lipinski definition) is 4. The van der Waals surface area contributed by atoms with Crippen molar-refractivity contribution < 1.29 is 24.3 Å². The number of hydrogen-bond donors (Lipinski definition) is 3. The first kappa shape index (κ1) is 13.2. The largest absolute Gasteiger partial charge is 0.479 e. The lowest BCUT2D eigenvalue weighted by Crippen LogP contribution is -2.53. The number of likely N-dealkylation sites (tertiary alicyclic amines) is 1. The number of hydroxylamine groups is 1. The molecule has 8 nitrogen and oxygen atoms in total. The van der Waals surface area contributed by atoms with Gasteiger partial charge in [0.05, 0.1) is 0 Å². The van der Waals surface area contributed by atoms with E-state index in [-0.39, 0.29) is 0 Å². The van der Waals surface area contributed by atoms with E-state index in [9.17, 15) is 14.4 Å². The van der Waals surface area contributed by atoms with E-state index in [1.54, 1.807) is 0 Å². The number of nitrogens with one attached hydrogen (secondary N) is 1. The van der Waals surface area contributed by atoms with Gasteiger partial charge in [-0.1, -0.05) is 0 Å². The van der Waals surface area contributed by atoms with Crippen molar-refractivity contribution in [3.63, 3.8) is 0 Å². The number of amides is 3. The smallest absolute Gasteiger partial charge is 0.342 e. The Balaban J connectivity index is 2.47. The Bertz CT molecular complexity index is 320. The zero-order valence-corrected chi connectivity index (χ0v) is 9.22. The second kappa shape index (κ2) is 6.04. The lowest BCUT2D eigenvalue weighted by molar-refractivity contribution is -0.144. The zero-order valence-electron chi connectivity index (χ0n) is 9.22. The van der Waals surface area contributed by atoms with E-state index >= 15 is 0 Å². The summed E-state index contributed by atoms with van der Waals surface area (Å²) in [4.78, 5) is 38.6. The Hall–Kier alpha value is -1.83. The number of aliphatic carboxylic acids is 1. The standard InChI is InChI=1S/C9H15N3O5/c10-8(15)6-3-1-2-4-12(6)9(16)11-17-5-7(13)14/h6H,1-5H2,(H2,10,15)(H,11,16)(H,13,14). The monoisotopic (exact) mass is 245 g/mol. The highest BCUT2D eigenvalue weighted by molar-refractivity contribution is 5.85. The maximum Gasteiger partial charge on any atom is 0.342 e. The van der Waals surface area contributed by atoms with Crippen LogP contribution in [-0.2, 0) is 14.4 Å². The summed E-state index contributed by atoms with van der Waals surface area (Å²) in [5, 5.41) is 8.31. The van der Waals surface area contributed by atoms with Crippen LogP contribution in [0.1, 0.15) is 19.3 Å². The quantitative estimate of drug-likeness (QED) is 0.551. The molecule has 0 aromatic heterocycles. The minimum absolute atomic E-state index is 0.399. The van der Waals surface area contributed by atoms with Crippen LogP contribution in [0.5, 0.6) is 0 Å². The van der Waals surface area contributed by atoms with Crippen LogP contribution in [0.25, 0.3) is 0 Å². The van der Waals surface area contributed by atoms with Crippen LogP contribution in [0.3, 0.4) is 0 Å². The predicted octanol–water partition coefficient (Wildman–Crippen LogP) is -0.948. The van der Waals surface area contributed by atoms with E-state index < -0.39 is 30.6 Å². The van der Waals surface area contributed by atoms with Gasteiger partial charge in [-0.2, -0.15) is 0 Å². The van der Waals surface area contributed by atoms with Crippen molar-refractivity contribution in [3.8, 4) is 0 Å². The molecule has 0 bridgehead atoms.